The maximum absolute atomic E-state index is 15.0. The van der Waals surface area contributed by atoms with Gasteiger partial charge < -0.3 is 19.7 Å². The number of benzene rings is 1. The summed E-state index contributed by atoms with van der Waals surface area (Å²) >= 11 is 0. The number of halogens is 4. The van der Waals surface area contributed by atoms with Crippen LogP contribution in [-0.2, 0) is 7.05 Å². The van der Waals surface area contributed by atoms with E-state index in [-0.39, 0.29) is 35.6 Å². The second-order valence-electron chi connectivity index (χ2n) is 8.02. The maximum atomic E-state index is 15.0. The van der Waals surface area contributed by atoms with Crippen molar-refractivity contribution in [1.82, 2.24) is 24.7 Å². The van der Waals surface area contributed by atoms with Crippen molar-refractivity contribution >= 4 is 17.6 Å². The van der Waals surface area contributed by atoms with Crippen LogP contribution in [0.25, 0.3) is 11.1 Å². The summed E-state index contributed by atoms with van der Waals surface area (Å²) in [5.74, 6) is -4.30. The number of methoxy groups -OCH3 is 1. The van der Waals surface area contributed by atoms with Gasteiger partial charge >= 0.3 is 0 Å². The molecule has 9 nitrogen and oxygen atoms in total. The van der Waals surface area contributed by atoms with Gasteiger partial charge in [-0.2, -0.15) is 15.1 Å². The Morgan fingerprint density at radius 3 is 2.44 bits per heavy atom. The third-order valence-corrected chi connectivity index (χ3v) is 5.71. The summed E-state index contributed by atoms with van der Waals surface area (Å²) in [7, 11) is 4.77. The minimum absolute atomic E-state index is 0.0103. The molecular weight excluding hydrogens is 482 g/mol. The van der Waals surface area contributed by atoms with E-state index in [0.29, 0.717) is 16.9 Å². The summed E-state index contributed by atoms with van der Waals surface area (Å²) in [6.45, 7) is 0.0212. The van der Waals surface area contributed by atoms with Gasteiger partial charge in [-0.1, -0.05) is 0 Å². The summed E-state index contributed by atoms with van der Waals surface area (Å²) in [6, 6.07) is 2.40. The monoisotopic (exact) mass is 501 g/mol. The van der Waals surface area contributed by atoms with Crippen LogP contribution < -0.4 is 19.7 Å². The predicted octanol–water partition coefficient (Wildman–Crippen LogP) is 4.15. The number of hydrogen-bond acceptors (Lipinski definition) is 8. The van der Waals surface area contributed by atoms with E-state index in [1.54, 1.807) is 36.1 Å². The van der Waals surface area contributed by atoms with Crippen molar-refractivity contribution in [3.63, 3.8) is 0 Å². The Morgan fingerprint density at radius 2 is 1.78 bits per heavy atom. The Bertz CT molecular complexity index is 1440. The van der Waals surface area contributed by atoms with Crippen molar-refractivity contribution in [2.45, 2.75) is 6.04 Å². The van der Waals surface area contributed by atoms with Crippen LogP contribution in [-0.4, -0.2) is 45.5 Å². The maximum Gasteiger partial charge on any atom is 0.230 e. The van der Waals surface area contributed by atoms with Crippen molar-refractivity contribution < 1.29 is 27.0 Å². The molecule has 0 saturated carbocycles. The summed E-state index contributed by atoms with van der Waals surface area (Å²) in [5.41, 5.74) is 1.20. The molecule has 1 atom stereocenters. The molecule has 36 heavy (non-hydrogen) atoms. The average molecular weight is 501 g/mol. The molecule has 5 rings (SSSR count). The van der Waals surface area contributed by atoms with Crippen LogP contribution in [0, 0.1) is 23.3 Å². The molecule has 1 unspecified atom stereocenters. The van der Waals surface area contributed by atoms with Gasteiger partial charge in [-0.3, -0.25) is 4.68 Å². The number of aromatic nitrogens is 5. The summed E-state index contributed by atoms with van der Waals surface area (Å²) in [4.78, 5) is 14.3. The number of nitrogens with one attached hydrogen (secondary N) is 1. The number of rotatable bonds is 5. The Balaban J connectivity index is 1.44. The fourth-order valence-corrected chi connectivity index (χ4v) is 3.88. The molecule has 0 amide bonds. The van der Waals surface area contributed by atoms with Gasteiger partial charge in [0.2, 0.25) is 11.8 Å². The lowest BCUT2D eigenvalue weighted by Crippen LogP contribution is -2.34. The highest BCUT2D eigenvalue weighted by Gasteiger charge is 2.30. The standard InChI is InChI=1S/C23H19F4N7O2/c1-33-9-12(7-29-33)13-6-16(26)20(30-22(13)35-3)31-23-28-8-18-21(32-23)34(2)17(10-36-18)11-4-14(24)19(27)15(25)5-11/h4-9,17H,10H2,1-3H3,(H,28,30,31,32). The molecule has 0 bridgehead atoms. The first-order valence-corrected chi connectivity index (χ1v) is 10.6. The van der Waals surface area contributed by atoms with Gasteiger partial charge in [0.05, 0.1) is 31.1 Å². The van der Waals surface area contributed by atoms with Gasteiger partial charge in [-0.25, -0.2) is 22.5 Å². The fraction of sp³-hybridized carbons (Fsp3) is 0.217. The molecule has 0 fully saturated rings. The Hall–Kier alpha value is -4.42. The number of aryl methyl sites for hydroxylation is 1. The van der Waals surface area contributed by atoms with Crippen molar-refractivity contribution in [1.29, 1.82) is 0 Å². The lowest BCUT2D eigenvalue weighted by Gasteiger charge is -2.35. The first-order valence-electron chi connectivity index (χ1n) is 10.6. The molecule has 186 valence electrons. The zero-order chi connectivity index (χ0) is 25.6. The minimum Gasteiger partial charge on any atom is -0.486 e. The van der Waals surface area contributed by atoms with Crippen LogP contribution >= 0.6 is 0 Å². The molecule has 4 aromatic rings. The van der Waals surface area contributed by atoms with Crippen LogP contribution in [0.15, 0.2) is 36.8 Å². The van der Waals surface area contributed by atoms with E-state index >= 15 is 0 Å². The fourth-order valence-electron chi connectivity index (χ4n) is 3.88. The quantitative estimate of drug-likeness (QED) is 0.322. The van der Waals surface area contributed by atoms with E-state index in [4.69, 9.17) is 9.47 Å². The number of anilines is 3. The van der Waals surface area contributed by atoms with Crippen LogP contribution in [0.3, 0.4) is 0 Å². The second kappa shape index (κ2) is 8.98. The number of likely N-dealkylation sites (N-methyl/N-ethyl adjacent to an activating group) is 1. The Morgan fingerprint density at radius 1 is 1.03 bits per heavy atom. The molecule has 3 aromatic heterocycles. The molecule has 1 N–H and O–H groups in total. The van der Waals surface area contributed by atoms with E-state index in [2.05, 4.69) is 25.4 Å². The highest BCUT2D eigenvalue weighted by Crippen LogP contribution is 2.38. The number of ether oxygens (including phenoxy) is 2. The number of pyridine rings is 1. The summed E-state index contributed by atoms with van der Waals surface area (Å²) in [5, 5.41) is 6.80. The number of nitrogens with zero attached hydrogens (tertiary/aromatic N) is 6. The van der Waals surface area contributed by atoms with E-state index in [0.717, 1.165) is 12.1 Å². The molecule has 13 heteroatoms. The van der Waals surface area contributed by atoms with E-state index in [1.165, 1.54) is 19.4 Å². The predicted molar refractivity (Wildman–Crippen MR) is 121 cm³/mol. The first-order chi connectivity index (χ1) is 17.2. The summed E-state index contributed by atoms with van der Waals surface area (Å²) in [6.07, 6.45) is 4.63. The van der Waals surface area contributed by atoms with Gasteiger partial charge in [0.15, 0.2) is 40.7 Å². The molecule has 0 saturated heterocycles. The normalized spacial score (nSPS) is 14.9. The minimum atomic E-state index is -1.55. The van der Waals surface area contributed by atoms with Crippen molar-refractivity contribution in [3.8, 4) is 22.8 Å². The van der Waals surface area contributed by atoms with E-state index in [1.807, 2.05) is 0 Å². The smallest absolute Gasteiger partial charge is 0.230 e. The zero-order valence-corrected chi connectivity index (χ0v) is 19.3. The third-order valence-electron chi connectivity index (χ3n) is 5.71. The van der Waals surface area contributed by atoms with Gasteiger partial charge in [0.25, 0.3) is 0 Å². The van der Waals surface area contributed by atoms with Gasteiger partial charge in [0, 0.05) is 25.9 Å². The van der Waals surface area contributed by atoms with Crippen LogP contribution in [0.1, 0.15) is 11.6 Å². The Labute approximate surface area is 202 Å². The highest BCUT2D eigenvalue weighted by atomic mass is 19.2. The number of hydrogen-bond donors (Lipinski definition) is 1. The van der Waals surface area contributed by atoms with Crippen molar-refractivity contribution in [3.05, 3.63) is 65.6 Å². The molecule has 0 spiro atoms. The van der Waals surface area contributed by atoms with Crippen LogP contribution in [0.2, 0.25) is 0 Å². The molecule has 1 aliphatic heterocycles. The van der Waals surface area contributed by atoms with Crippen molar-refractivity contribution in [2.75, 3.05) is 31.0 Å². The molecule has 1 aliphatic rings. The van der Waals surface area contributed by atoms with Crippen LogP contribution in [0.5, 0.6) is 11.6 Å². The molecule has 1 aromatic carbocycles. The van der Waals surface area contributed by atoms with E-state index in [9.17, 15) is 17.6 Å². The van der Waals surface area contributed by atoms with Gasteiger partial charge in [-0.15, -0.1) is 0 Å². The molecule has 4 heterocycles. The molecule has 0 radical (unpaired) electrons. The van der Waals surface area contributed by atoms with E-state index < -0.39 is 29.3 Å². The number of fused-ring (bicyclic) bond motifs is 1. The first kappa shape index (κ1) is 23.3. The lowest BCUT2D eigenvalue weighted by atomic mass is 10.0. The van der Waals surface area contributed by atoms with Gasteiger partial charge in [-0.05, 0) is 23.8 Å². The third kappa shape index (κ3) is 4.12. The largest absolute Gasteiger partial charge is 0.486 e. The second-order valence-corrected chi connectivity index (χ2v) is 8.02. The topological polar surface area (TPSA) is 90.2 Å². The summed E-state index contributed by atoms with van der Waals surface area (Å²) < 4.78 is 68.5. The van der Waals surface area contributed by atoms with Crippen LogP contribution in [0.4, 0.5) is 35.1 Å². The highest BCUT2D eigenvalue weighted by molar-refractivity contribution is 5.70. The van der Waals surface area contributed by atoms with Gasteiger partial charge in [0.1, 0.15) is 6.61 Å². The Kier molecular flexibility index (Phi) is 5.82. The van der Waals surface area contributed by atoms with Crippen molar-refractivity contribution in [2.24, 2.45) is 7.05 Å². The zero-order valence-electron chi connectivity index (χ0n) is 19.3. The average Bonchev–Trinajstić information content (AvgIpc) is 3.29. The molecular formula is C23H19F4N7O2. The molecule has 0 aliphatic carbocycles. The lowest BCUT2D eigenvalue weighted by molar-refractivity contribution is 0.264. The SMILES string of the molecule is COc1nc(Nc2ncc3c(n2)N(C)C(c2cc(F)c(F)c(F)c2)CO3)c(F)cc1-c1cnn(C)c1.